The number of rotatable bonds is 2. The molecule has 0 amide bonds. The number of hydrogen-bond acceptors (Lipinski definition) is 5. The molecule has 0 radical (unpaired) electrons. The summed E-state index contributed by atoms with van der Waals surface area (Å²) < 4.78 is 1.77. The van der Waals surface area contributed by atoms with Crippen LogP contribution in [-0.4, -0.2) is 37.1 Å². The summed E-state index contributed by atoms with van der Waals surface area (Å²) in [5, 5.41) is 12.4. The fourth-order valence-electron chi connectivity index (χ4n) is 2.21. The van der Waals surface area contributed by atoms with Gasteiger partial charge >= 0.3 is 5.97 Å². The number of carbonyl (C=O) groups is 1. The number of aryl methyl sites for hydroxylation is 1. The number of nitrogens with zero attached hydrogens (tertiary/aromatic N) is 4. The molecule has 7 heteroatoms. The minimum Gasteiger partial charge on any atom is -0.476 e. The zero-order valence-electron chi connectivity index (χ0n) is 10.4. The third-order valence-electron chi connectivity index (χ3n) is 3.18. The number of aromatic carboxylic acids is 1. The minimum atomic E-state index is -1.02. The van der Waals surface area contributed by atoms with E-state index in [2.05, 4.69) is 20.3 Å². The second kappa shape index (κ2) is 4.43. The summed E-state index contributed by atoms with van der Waals surface area (Å²) in [5.41, 5.74) is 2.28. The lowest BCUT2D eigenvalue weighted by Crippen LogP contribution is -2.28. The van der Waals surface area contributed by atoms with Gasteiger partial charge in [-0.15, -0.1) is 0 Å². The molecule has 1 aliphatic heterocycles. The van der Waals surface area contributed by atoms with Gasteiger partial charge in [0, 0.05) is 32.1 Å². The maximum absolute atomic E-state index is 11.3. The molecule has 98 valence electrons. The molecular weight excluding hydrogens is 246 g/mol. The van der Waals surface area contributed by atoms with Gasteiger partial charge in [-0.1, -0.05) is 0 Å². The standard InChI is InChI=1S/C12H13N5O2/c1-17-6-14-5-9(17)11-15-8-2-3-13-4-7(8)10(16-11)12(18)19/h5-6,13H,2-4H2,1H3,(H,18,19). The number of nitrogens with one attached hydrogen (secondary N) is 1. The molecular formula is C12H13N5O2. The van der Waals surface area contributed by atoms with E-state index >= 15 is 0 Å². The highest BCUT2D eigenvalue weighted by atomic mass is 16.4. The molecule has 0 spiro atoms. The Balaban J connectivity index is 2.20. The Morgan fingerprint density at radius 1 is 1.47 bits per heavy atom. The molecule has 0 saturated heterocycles. The highest BCUT2D eigenvalue weighted by Gasteiger charge is 2.22. The molecule has 2 aromatic heterocycles. The van der Waals surface area contributed by atoms with Crippen LogP contribution in [0.15, 0.2) is 12.5 Å². The van der Waals surface area contributed by atoms with E-state index in [0.717, 1.165) is 12.2 Å². The molecule has 2 N–H and O–H groups in total. The Kier molecular flexibility index (Phi) is 2.75. The topological polar surface area (TPSA) is 92.9 Å². The van der Waals surface area contributed by atoms with E-state index in [1.165, 1.54) is 0 Å². The van der Waals surface area contributed by atoms with Crippen molar-refractivity contribution in [3.05, 3.63) is 29.5 Å². The van der Waals surface area contributed by atoms with Crippen LogP contribution in [0.4, 0.5) is 0 Å². The number of hydrogen-bond donors (Lipinski definition) is 2. The van der Waals surface area contributed by atoms with Crippen LogP contribution in [0, 0.1) is 0 Å². The van der Waals surface area contributed by atoms with Gasteiger partial charge in [0.1, 0.15) is 5.69 Å². The zero-order chi connectivity index (χ0) is 13.4. The Morgan fingerprint density at radius 3 is 3.00 bits per heavy atom. The van der Waals surface area contributed by atoms with E-state index in [0.29, 0.717) is 30.0 Å². The van der Waals surface area contributed by atoms with Gasteiger partial charge in [0.2, 0.25) is 0 Å². The van der Waals surface area contributed by atoms with Crippen molar-refractivity contribution in [2.24, 2.45) is 7.05 Å². The summed E-state index contributed by atoms with van der Waals surface area (Å²) in [6.07, 6.45) is 3.98. The van der Waals surface area contributed by atoms with Crippen molar-refractivity contribution in [3.8, 4) is 11.5 Å². The van der Waals surface area contributed by atoms with E-state index in [9.17, 15) is 9.90 Å². The lowest BCUT2D eigenvalue weighted by Gasteiger charge is -2.18. The highest BCUT2D eigenvalue weighted by Crippen LogP contribution is 2.21. The molecule has 19 heavy (non-hydrogen) atoms. The lowest BCUT2D eigenvalue weighted by molar-refractivity contribution is 0.0688. The van der Waals surface area contributed by atoms with Crippen LogP contribution in [0.25, 0.3) is 11.5 Å². The lowest BCUT2D eigenvalue weighted by atomic mass is 10.0. The van der Waals surface area contributed by atoms with E-state index in [-0.39, 0.29) is 5.69 Å². The van der Waals surface area contributed by atoms with Gasteiger partial charge in [0.05, 0.1) is 18.2 Å². The predicted molar refractivity (Wildman–Crippen MR) is 66.6 cm³/mol. The third kappa shape index (κ3) is 1.97. The second-order valence-electron chi connectivity index (χ2n) is 4.44. The van der Waals surface area contributed by atoms with Gasteiger partial charge in [0.25, 0.3) is 0 Å². The molecule has 3 rings (SSSR count). The second-order valence-corrected chi connectivity index (χ2v) is 4.44. The molecule has 3 heterocycles. The van der Waals surface area contributed by atoms with E-state index < -0.39 is 5.97 Å². The summed E-state index contributed by atoms with van der Waals surface area (Å²) in [6.45, 7) is 1.30. The number of fused-ring (bicyclic) bond motifs is 1. The van der Waals surface area contributed by atoms with Crippen molar-refractivity contribution < 1.29 is 9.90 Å². The van der Waals surface area contributed by atoms with Gasteiger partial charge < -0.3 is 15.0 Å². The fourth-order valence-corrected chi connectivity index (χ4v) is 2.21. The number of carboxylic acids is 1. The van der Waals surface area contributed by atoms with Crippen LogP contribution >= 0.6 is 0 Å². The van der Waals surface area contributed by atoms with Gasteiger partial charge in [-0.3, -0.25) is 0 Å². The van der Waals surface area contributed by atoms with Crippen LogP contribution in [0.2, 0.25) is 0 Å². The number of imidazole rings is 1. The molecule has 0 aromatic carbocycles. The minimum absolute atomic E-state index is 0.0772. The third-order valence-corrected chi connectivity index (χ3v) is 3.18. The number of carboxylic acid groups (broad SMARTS) is 1. The average molecular weight is 259 g/mol. The summed E-state index contributed by atoms with van der Waals surface area (Å²) >= 11 is 0. The largest absolute Gasteiger partial charge is 0.476 e. The summed E-state index contributed by atoms with van der Waals surface area (Å²) in [4.78, 5) is 24.0. The normalized spacial score (nSPS) is 14.2. The van der Waals surface area contributed by atoms with E-state index in [1.54, 1.807) is 17.1 Å². The maximum Gasteiger partial charge on any atom is 0.354 e. The molecule has 0 unspecified atom stereocenters. The predicted octanol–water partition coefficient (Wildman–Crippen LogP) is 0.221. The fraction of sp³-hybridized carbons (Fsp3) is 0.333. The van der Waals surface area contributed by atoms with Crippen LogP contribution in [0.1, 0.15) is 21.7 Å². The molecule has 0 fully saturated rings. The van der Waals surface area contributed by atoms with Crippen LogP contribution in [0.3, 0.4) is 0 Å². The van der Waals surface area contributed by atoms with Crippen molar-refractivity contribution in [2.45, 2.75) is 13.0 Å². The first-order chi connectivity index (χ1) is 9.16. The van der Waals surface area contributed by atoms with Gasteiger partial charge in [-0.05, 0) is 0 Å². The summed E-state index contributed by atoms with van der Waals surface area (Å²) in [7, 11) is 1.83. The van der Waals surface area contributed by atoms with Crippen molar-refractivity contribution in [2.75, 3.05) is 6.54 Å². The van der Waals surface area contributed by atoms with Crippen molar-refractivity contribution in [1.82, 2.24) is 24.8 Å². The molecule has 0 atom stereocenters. The zero-order valence-corrected chi connectivity index (χ0v) is 10.4. The summed E-state index contributed by atoms with van der Waals surface area (Å²) in [6, 6.07) is 0. The molecule has 2 aromatic rings. The Labute approximate surface area is 109 Å². The molecule has 0 bridgehead atoms. The van der Waals surface area contributed by atoms with Gasteiger partial charge in [-0.2, -0.15) is 0 Å². The highest BCUT2D eigenvalue weighted by molar-refractivity contribution is 5.88. The Morgan fingerprint density at radius 2 is 2.32 bits per heavy atom. The van der Waals surface area contributed by atoms with Gasteiger partial charge in [-0.25, -0.2) is 19.7 Å². The van der Waals surface area contributed by atoms with Crippen LogP contribution < -0.4 is 5.32 Å². The SMILES string of the molecule is Cn1cncc1-c1nc2c(c(C(=O)O)n1)CNCC2. The Hall–Kier alpha value is -2.28. The smallest absolute Gasteiger partial charge is 0.354 e. The first kappa shape index (κ1) is 11.8. The van der Waals surface area contributed by atoms with E-state index in [4.69, 9.17) is 0 Å². The van der Waals surface area contributed by atoms with Crippen LogP contribution in [-0.2, 0) is 20.0 Å². The monoisotopic (exact) mass is 259 g/mol. The quantitative estimate of drug-likeness (QED) is 0.801. The molecule has 7 nitrogen and oxygen atoms in total. The van der Waals surface area contributed by atoms with E-state index in [1.807, 2.05) is 7.05 Å². The van der Waals surface area contributed by atoms with Gasteiger partial charge in [0.15, 0.2) is 11.5 Å². The molecule has 0 aliphatic carbocycles. The summed E-state index contributed by atoms with van der Waals surface area (Å²) in [5.74, 6) is -0.608. The first-order valence-corrected chi connectivity index (χ1v) is 5.97. The van der Waals surface area contributed by atoms with Crippen LogP contribution in [0.5, 0.6) is 0 Å². The molecule has 0 saturated carbocycles. The van der Waals surface area contributed by atoms with Crippen molar-refractivity contribution >= 4 is 5.97 Å². The van der Waals surface area contributed by atoms with Crippen molar-refractivity contribution in [3.63, 3.8) is 0 Å². The van der Waals surface area contributed by atoms with Crippen molar-refractivity contribution in [1.29, 1.82) is 0 Å². The average Bonchev–Trinajstić information content (AvgIpc) is 2.83. The first-order valence-electron chi connectivity index (χ1n) is 5.97. The maximum atomic E-state index is 11.3. The number of aromatic nitrogens is 4. The molecule has 1 aliphatic rings. The Bertz CT molecular complexity index is 650.